The third-order valence-electron chi connectivity index (χ3n) is 4.55. The van der Waals surface area contributed by atoms with Crippen LogP contribution in [0, 0.1) is 5.92 Å². The van der Waals surface area contributed by atoms with E-state index in [1.54, 1.807) is 0 Å². The molecule has 2 atom stereocenters. The summed E-state index contributed by atoms with van der Waals surface area (Å²) in [6.07, 6.45) is 2.33. The van der Waals surface area contributed by atoms with Crippen LogP contribution >= 0.6 is 0 Å². The van der Waals surface area contributed by atoms with Crippen LogP contribution in [-0.2, 0) is 11.2 Å². The zero-order valence-electron chi connectivity index (χ0n) is 13.5. The number of carbonyl (C=O) groups is 1. The third-order valence-corrected chi connectivity index (χ3v) is 4.55. The van der Waals surface area contributed by atoms with Crippen molar-refractivity contribution >= 4 is 17.3 Å². The van der Waals surface area contributed by atoms with Crippen LogP contribution < -0.4 is 16.1 Å². The summed E-state index contributed by atoms with van der Waals surface area (Å²) >= 11 is 0. The molecule has 0 aliphatic carbocycles. The van der Waals surface area contributed by atoms with Gasteiger partial charge in [0.05, 0.1) is 17.4 Å². The number of anilines is 1. The highest BCUT2D eigenvalue weighted by atomic mass is 16.2. The number of benzene rings is 1. The molecule has 2 heterocycles. The molecule has 0 radical (unpaired) electrons. The topological polar surface area (TPSA) is 91.0 Å². The van der Waals surface area contributed by atoms with Gasteiger partial charge in [0.2, 0.25) is 5.91 Å². The standard InChI is InChI=1S/C17H24N4O2/c1-11-15-16(20-19-11)13-10-12(4-2-9-22)5-6-14(13)21(17(15)23)8-3-7-18/h5-6,10-11,15,19,22H,2-4,7-9,18H2,1H3. The Bertz CT molecular complexity index is 629. The van der Waals surface area contributed by atoms with Gasteiger partial charge < -0.3 is 21.2 Å². The number of nitrogens with zero attached hydrogens (tertiary/aromatic N) is 2. The fourth-order valence-electron chi connectivity index (χ4n) is 3.34. The number of aliphatic hydroxyl groups excluding tert-OH is 1. The van der Waals surface area contributed by atoms with Crippen molar-refractivity contribution in [2.24, 2.45) is 16.8 Å². The Morgan fingerprint density at radius 2 is 2.22 bits per heavy atom. The molecule has 124 valence electrons. The Labute approximate surface area is 136 Å². The van der Waals surface area contributed by atoms with E-state index in [2.05, 4.69) is 16.6 Å². The molecule has 1 amide bonds. The smallest absolute Gasteiger partial charge is 0.238 e. The van der Waals surface area contributed by atoms with Crippen molar-refractivity contribution in [3.63, 3.8) is 0 Å². The van der Waals surface area contributed by atoms with Crippen LogP contribution in [0.15, 0.2) is 23.3 Å². The van der Waals surface area contributed by atoms with Crippen molar-refractivity contribution in [2.45, 2.75) is 32.2 Å². The van der Waals surface area contributed by atoms with Crippen molar-refractivity contribution in [1.82, 2.24) is 5.43 Å². The molecule has 0 saturated heterocycles. The number of hydrogen-bond donors (Lipinski definition) is 3. The Morgan fingerprint density at radius 1 is 1.39 bits per heavy atom. The van der Waals surface area contributed by atoms with Crippen LogP contribution in [0.5, 0.6) is 0 Å². The summed E-state index contributed by atoms with van der Waals surface area (Å²) in [5, 5.41) is 13.4. The molecule has 0 saturated carbocycles. The van der Waals surface area contributed by atoms with Crippen LogP contribution in [0.3, 0.4) is 0 Å². The highest BCUT2D eigenvalue weighted by Gasteiger charge is 2.43. The van der Waals surface area contributed by atoms with Crippen molar-refractivity contribution in [3.05, 3.63) is 29.3 Å². The number of aliphatic hydroxyl groups is 1. The van der Waals surface area contributed by atoms with E-state index >= 15 is 0 Å². The predicted octanol–water partition coefficient (Wildman–Crippen LogP) is 0.619. The number of nitrogens with one attached hydrogen (secondary N) is 1. The van der Waals surface area contributed by atoms with Crippen molar-refractivity contribution in [2.75, 3.05) is 24.6 Å². The number of amides is 1. The van der Waals surface area contributed by atoms with Gasteiger partial charge in [-0.1, -0.05) is 6.07 Å². The van der Waals surface area contributed by atoms with Gasteiger partial charge >= 0.3 is 0 Å². The average molecular weight is 316 g/mol. The molecule has 23 heavy (non-hydrogen) atoms. The molecule has 2 aliphatic rings. The predicted molar refractivity (Wildman–Crippen MR) is 90.5 cm³/mol. The molecule has 2 unspecified atom stereocenters. The summed E-state index contributed by atoms with van der Waals surface area (Å²) in [7, 11) is 0. The monoisotopic (exact) mass is 316 g/mol. The molecule has 0 fully saturated rings. The Balaban J connectivity index is 2.00. The Morgan fingerprint density at radius 3 is 2.96 bits per heavy atom. The summed E-state index contributed by atoms with van der Waals surface area (Å²) in [5.41, 5.74) is 12.6. The van der Waals surface area contributed by atoms with E-state index in [4.69, 9.17) is 10.8 Å². The second-order valence-corrected chi connectivity index (χ2v) is 6.20. The minimum Gasteiger partial charge on any atom is -0.396 e. The lowest BCUT2D eigenvalue weighted by Gasteiger charge is -2.34. The lowest BCUT2D eigenvalue weighted by Crippen LogP contribution is -2.48. The number of rotatable bonds is 6. The molecule has 3 rings (SSSR count). The summed E-state index contributed by atoms with van der Waals surface area (Å²) < 4.78 is 0. The number of hydrogen-bond acceptors (Lipinski definition) is 5. The lowest BCUT2D eigenvalue weighted by molar-refractivity contribution is -0.121. The maximum Gasteiger partial charge on any atom is 0.238 e. The summed E-state index contributed by atoms with van der Waals surface area (Å²) in [6, 6.07) is 6.15. The van der Waals surface area contributed by atoms with E-state index in [0.717, 1.165) is 41.8 Å². The van der Waals surface area contributed by atoms with Crippen LogP contribution in [0.25, 0.3) is 0 Å². The van der Waals surface area contributed by atoms with Crippen LogP contribution in [0.4, 0.5) is 5.69 Å². The Kier molecular flexibility index (Phi) is 4.63. The highest BCUT2D eigenvalue weighted by molar-refractivity contribution is 6.24. The van der Waals surface area contributed by atoms with Gasteiger partial charge in [-0.2, -0.15) is 5.10 Å². The van der Waals surface area contributed by atoms with Crippen molar-refractivity contribution < 1.29 is 9.90 Å². The van der Waals surface area contributed by atoms with Crippen molar-refractivity contribution in [1.29, 1.82) is 0 Å². The molecule has 0 spiro atoms. The van der Waals surface area contributed by atoms with Crippen LogP contribution in [0.2, 0.25) is 0 Å². The van der Waals surface area contributed by atoms with E-state index in [1.165, 1.54) is 0 Å². The second kappa shape index (κ2) is 6.68. The normalized spacial score (nSPS) is 22.5. The van der Waals surface area contributed by atoms with Crippen molar-refractivity contribution in [3.8, 4) is 0 Å². The highest BCUT2D eigenvalue weighted by Crippen LogP contribution is 2.35. The zero-order valence-corrected chi connectivity index (χ0v) is 13.5. The van der Waals surface area contributed by atoms with E-state index in [0.29, 0.717) is 13.1 Å². The molecule has 4 N–H and O–H groups in total. The quantitative estimate of drug-likeness (QED) is 0.717. The van der Waals surface area contributed by atoms with E-state index in [9.17, 15) is 4.79 Å². The molecule has 6 heteroatoms. The molecule has 1 aromatic carbocycles. The largest absolute Gasteiger partial charge is 0.396 e. The number of fused-ring (bicyclic) bond motifs is 3. The number of aryl methyl sites for hydroxylation is 1. The minimum atomic E-state index is -0.228. The number of carbonyl (C=O) groups excluding carboxylic acids is 1. The average Bonchev–Trinajstić information content (AvgIpc) is 2.95. The fraction of sp³-hybridized carbons (Fsp3) is 0.529. The SMILES string of the molecule is CC1NN=C2c3cc(CCCO)ccc3N(CCCN)C(=O)C21. The minimum absolute atomic E-state index is 0.00660. The fourth-order valence-corrected chi connectivity index (χ4v) is 3.34. The molecule has 0 bridgehead atoms. The zero-order chi connectivity index (χ0) is 16.4. The van der Waals surface area contributed by atoms with Crippen LogP contribution in [0.1, 0.15) is 30.9 Å². The summed E-state index contributed by atoms with van der Waals surface area (Å²) in [6.45, 7) is 3.36. The summed E-state index contributed by atoms with van der Waals surface area (Å²) in [5.74, 6) is -0.126. The van der Waals surface area contributed by atoms with Gasteiger partial charge in [-0.15, -0.1) is 0 Å². The number of hydrazone groups is 1. The maximum atomic E-state index is 12.9. The maximum absolute atomic E-state index is 12.9. The van der Waals surface area contributed by atoms with E-state index in [1.807, 2.05) is 24.0 Å². The van der Waals surface area contributed by atoms with E-state index in [-0.39, 0.29) is 24.5 Å². The van der Waals surface area contributed by atoms with E-state index < -0.39 is 0 Å². The molecular formula is C17H24N4O2. The third kappa shape index (κ3) is 2.84. The van der Waals surface area contributed by atoms with Gasteiger partial charge in [-0.3, -0.25) is 4.79 Å². The van der Waals surface area contributed by atoms with Gasteiger partial charge in [0.25, 0.3) is 0 Å². The first-order chi connectivity index (χ1) is 11.2. The van der Waals surface area contributed by atoms with Gasteiger partial charge in [-0.05, 0) is 50.4 Å². The molecule has 1 aromatic rings. The van der Waals surface area contributed by atoms with Gasteiger partial charge in [0.1, 0.15) is 5.92 Å². The van der Waals surface area contributed by atoms with Gasteiger partial charge in [0.15, 0.2) is 0 Å². The second-order valence-electron chi connectivity index (χ2n) is 6.20. The molecule has 6 nitrogen and oxygen atoms in total. The van der Waals surface area contributed by atoms with Gasteiger partial charge in [-0.25, -0.2) is 0 Å². The van der Waals surface area contributed by atoms with Gasteiger partial charge in [0, 0.05) is 18.7 Å². The summed E-state index contributed by atoms with van der Waals surface area (Å²) in [4.78, 5) is 14.7. The molecular weight excluding hydrogens is 292 g/mol. The molecule has 2 aliphatic heterocycles. The van der Waals surface area contributed by atoms with Crippen LogP contribution in [-0.4, -0.2) is 42.5 Å². The molecule has 0 aromatic heterocycles. The number of nitrogens with two attached hydrogens (primary N) is 1. The lowest BCUT2D eigenvalue weighted by atomic mass is 9.85. The Hall–Kier alpha value is -1.92. The first kappa shape index (κ1) is 16.0. The first-order valence-electron chi connectivity index (χ1n) is 8.26. The first-order valence-corrected chi connectivity index (χ1v) is 8.26.